The number of urea groups is 1. The second-order valence-corrected chi connectivity index (χ2v) is 6.70. The molecule has 1 atom stereocenters. The van der Waals surface area contributed by atoms with Crippen LogP contribution in [0.5, 0.6) is 0 Å². The van der Waals surface area contributed by atoms with Crippen LogP contribution in [0.4, 0.5) is 14.9 Å². The minimum Gasteiger partial charge on any atom is -0.324 e. The summed E-state index contributed by atoms with van der Waals surface area (Å²) in [4.78, 5) is 14.2. The summed E-state index contributed by atoms with van der Waals surface area (Å²) in [5.74, 6) is 0.149. The first-order valence-corrected chi connectivity index (χ1v) is 8.28. The molecule has 2 aromatic rings. The van der Waals surface area contributed by atoms with Crippen LogP contribution in [0.3, 0.4) is 0 Å². The van der Waals surface area contributed by atoms with Gasteiger partial charge in [-0.05, 0) is 35.6 Å². The van der Waals surface area contributed by atoms with Crippen molar-refractivity contribution in [1.82, 2.24) is 14.7 Å². The zero-order valence-corrected chi connectivity index (χ0v) is 14.3. The van der Waals surface area contributed by atoms with E-state index in [2.05, 4.69) is 10.4 Å². The Labute approximate surface area is 141 Å². The van der Waals surface area contributed by atoms with Gasteiger partial charge in [0, 0.05) is 37.9 Å². The van der Waals surface area contributed by atoms with Crippen molar-refractivity contribution in [3.8, 4) is 0 Å². The fourth-order valence-electron chi connectivity index (χ4n) is 3.14. The van der Waals surface area contributed by atoms with Gasteiger partial charge in [0.25, 0.3) is 0 Å². The van der Waals surface area contributed by atoms with E-state index >= 15 is 0 Å². The Morgan fingerprint density at radius 3 is 2.83 bits per heavy atom. The maximum atomic E-state index is 14.0. The van der Waals surface area contributed by atoms with Crippen molar-refractivity contribution in [1.29, 1.82) is 0 Å². The molecule has 5 nitrogen and oxygen atoms in total. The monoisotopic (exact) mass is 330 g/mol. The molecule has 1 fully saturated rings. The Morgan fingerprint density at radius 1 is 1.42 bits per heavy atom. The minimum absolute atomic E-state index is 0.119. The number of halogens is 1. The number of hydrogen-bond donors (Lipinski definition) is 1. The van der Waals surface area contributed by atoms with Crippen molar-refractivity contribution in [2.75, 3.05) is 18.4 Å². The highest BCUT2D eigenvalue weighted by Crippen LogP contribution is 2.27. The number of carbonyl (C=O) groups is 1. The number of aryl methyl sites for hydroxylation is 1. The van der Waals surface area contributed by atoms with Crippen molar-refractivity contribution >= 4 is 11.7 Å². The van der Waals surface area contributed by atoms with Crippen LogP contribution in [0.2, 0.25) is 0 Å². The van der Waals surface area contributed by atoms with Gasteiger partial charge in [0.2, 0.25) is 0 Å². The Hall–Kier alpha value is -2.37. The van der Waals surface area contributed by atoms with E-state index in [9.17, 15) is 9.18 Å². The number of likely N-dealkylation sites (tertiary alicyclic amines) is 1. The van der Waals surface area contributed by atoms with Crippen molar-refractivity contribution in [2.24, 2.45) is 7.05 Å². The average molecular weight is 330 g/mol. The van der Waals surface area contributed by atoms with Gasteiger partial charge in [0.1, 0.15) is 5.82 Å². The van der Waals surface area contributed by atoms with Crippen LogP contribution in [0.15, 0.2) is 30.6 Å². The molecule has 2 heterocycles. The summed E-state index contributed by atoms with van der Waals surface area (Å²) in [5.41, 5.74) is 2.30. The number of nitrogens with one attached hydrogen (secondary N) is 1. The smallest absolute Gasteiger partial charge is 0.321 e. The van der Waals surface area contributed by atoms with E-state index < -0.39 is 0 Å². The normalized spacial score (nSPS) is 17.5. The van der Waals surface area contributed by atoms with E-state index in [0.717, 1.165) is 12.0 Å². The number of benzene rings is 1. The Balaban J connectivity index is 1.62. The van der Waals surface area contributed by atoms with Gasteiger partial charge in [0.05, 0.1) is 6.20 Å². The molecule has 1 aliphatic heterocycles. The SMILES string of the molecule is CC(C)c1ccc(NC(=O)N2CC[C@H](c3cnn(C)c3)C2)cc1F. The van der Waals surface area contributed by atoms with Gasteiger partial charge < -0.3 is 10.2 Å². The van der Waals surface area contributed by atoms with Gasteiger partial charge in [-0.2, -0.15) is 5.10 Å². The predicted octanol–water partition coefficient (Wildman–Crippen LogP) is 3.70. The van der Waals surface area contributed by atoms with Gasteiger partial charge in [-0.3, -0.25) is 4.68 Å². The number of amides is 2. The standard InChI is InChI=1S/C18H23FN4O/c1-12(2)16-5-4-15(8-17(16)19)21-18(24)23-7-6-13(11-23)14-9-20-22(3)10-14/h4-5,8-10,12-13H,6-7,11H2,1-3H3,(H,21,24)/t13-/m0/s1. The van der Waals surface area contributed by atoms with Crippen LogP contribution >= 0.6 is 0 Å². The number of carbonyl (C=O) groups excluding carboxylic acids is 1. The lowest BCUT2D eigenvalue weighted by Gasteiger charge is -2.18. The lowest BCUT2D eigenvalue weighted by molar-refractivity contribution is 0.222. The lowest BCUT2D eigenvalue weighted by atomic mass is 10.0. The summed E-state index contributed by atoms with van der Waals surface area (Å²) >= 11 is 0. The zero-order chi connectivity index (χ0) is 17.3. The molecule has 1 saturated heterocycles. The fourth-order valence-corrected chi connectivity index (χ4v) is 3.14. The first-order valence-electron chi connectivity index (χ1n) is 8.28. The minimum atomic E-state index is -0.280. The third kappa shape index (κ3) is 3.42. The number of rotatable bonds is 3. The van der Waals surface area contributed by atoms with Crippen LogP contribution in [0.1, 0.15) is 43.2 Å². The van der Waals surface area contributed by atoms with Crippen molar-refractivity contribution < 1.29 is 9.18 Å². The maximum Gasteiger partial charge on any atom is 0.321 e. The molecule has 3 rings (SSSR count). The zero-order valence-electron chi connectivity index (χ0n) is 14.3. The summed E-state index contributed by atoms with van der Waals surface area (Å²) in [6.45, 7) is 5.24. The van der Waals surface area contributed by atoms with Gasteiger partial charge in [-0.1, -0.05) is 19.9 Å². The second-order valence-electron chi connectivity index (χ2n) is 6.70. The summed E-state index contributed by atoms with van der Waals surface area (Å²) in [6.07, 6.45) is 4.76. The molecule has 0 radical (unpaired) electrons. The third-order valence-electron chi connectivity index (χ3n) is 4.55. The molecule has 0 aliphatic carbocycles. The van der Waals surface area contributed by atoms with Gasteiger partial charge in [-0.25, -0.2) is 9.18 Å². The van der Waals surface area contributed by atoms with E-state index in [4.69, 9.17) is 0 Å². The highest BCUT2D eigenvalue weighted by Gasteiger charge is 2.28. The van der Waals surface area contributed by atoms with Crippen molar-refractivity contribution in [3.05, 3.63) is 47.5 Å². The molecule has 128 valence electrons. The highest BCUT2D eigenvalue weighted by atomic mass is 19.1. The van der Waals surface area contributed by atoms with E-state index in [1.54, 1.807) is 21.7 Å². The van der Waals surface area contributed by atoms with E-state index in [1.807, 2.05) is 33.3 Å². The largest absolute Gasteiger partial charge is 0.324 e. The van der Waals surface area contributed by atoms with E-state index in [1.165, 1.54) is 6.07 Å². The van der Waals surface area contributed by atoms with Crippen molar-refractivity contribution in [3.63, 3.8) is 0 Å². The van der Waals surface area contributed by atoms with Crippen LogP contribution in [0.25, 0.3) is 0 Å². The number of hydrogen-bond acceptors (Lipinski definition) is 2. The summed E-state index contributed by atoms with van der Waals surface area (Å²) in [5, 5.41) is 6.98. The molecule has 1 aromatic heterocycles. The molecule has 1 N–H and O–H groups in total. The van der Waals surface area contributed by atoms with E-state index in [-0.39, 0.29) is 17.8 Å². The Kier molecular flexibility index (Phi) is 4.55. The second kappa shape index (κ2) is 6.63. The van der Waals surface area contributed by atoms with Crippen LogP contribution in [0, 0.1) is 5.82 Å². The summed E-state index contributed by atoms with van der Waals surface area (Å²) in [6, 6.07) is 4.70. The molecular weight excluding hydrogens is 307 g/mol. The van der Waals surface area contributed by atoms with Crippen molar-refractivity contribution in [2.45, 2.75) is 32.1 Å². The van der Waals surface area contributed by atoms with Gasteiger partial charge in [-0.15, -0.1) is 0 Å². The molecule has 0 saturated carbocycles. The first-order chi connectivity index (χ1) is 11.4. The highest BCUT2D eigenvalue weighted by molar-refractivity contribution is 5.89. The molecule has 24 heavy (non-hydrogen) atoms. The quantitative estimate of drug-likeness (QED) is 0.933. The molecule has 1 aromatic carbocycles. The molecule has 0 unspecified atom stereocenters. The lowest BCUT2D eigenvalue weighted by Crippen LogP contribution is -2.32. The van der Waals surface area contributed by atoms with Crippen LogP contribution in [-0.2, 0) is 7.05 Å². The Bertz CT molecular complexity index is 740. The fraction of sp³-hybridized carbons (Fsp3) is 0.444. The van der Waals surface area contributed by atoms with Gasteiger partial charge >= 0.3 is 6.03 Å². The van der Waals surface area contributed by atoms with Crippen LogP contribution < -0.4 is 5.32 Å². The third-order valence-corrected chi connectivity index (χ3v) is 4.55. The predicted molar refractivity (Wildman–Crippen MR) is 91.6 cm³/mol. The molecule has 0 bridgehead atoms. The average Bonchev–Trinajstić information content (AvgIpc) is 3.15. The molecule has 2 amide bonds. The maximum absolute atomic E-state index is 14.0. The molecule has 0 spiro atoms. The van der Waals surface area contributed by atoms with E-state index in [0.29, 0.717) is 30.3 Å². The van der Waals surface area contributed by atoms with Crippen LogP contribution in [-0.4, -0.2) is 33.8 Å². The summed E-state index contributed by atoms with van der Waals surface area (Å²) < 4.78 is 15.8. The Morgan fingerprint density at radius 2 is 2.21 bits per heavy atom. The number of nitrogens with zero attached hydrogens (tertiary/aromatic N) is 3. The number of anilines is 1. The molecule has 6 heteroatoms. The topological polar surface area (TPSA) is 50.2 Å². The number of aromatic nitrogens is 2. The summed E-state index contributed by atoms with van der Waals surface area (Å²) in [7, 11) is 1.89. The first kappa shape index (κ1) is 16.5. The molecular formula is C18H23FN4O. The molecule has 1 aliphatic rings. The van der Waals surface area contributed by atoms with Gasteiger partial charge in [0.15, 0.2) is 0 Å².